The third-order valence-corrected chi connectivity index (χ3v) is 10.9. The summed E-state index contributed by atoms with van der Waals surface area (Å²) in [6, 6.07) is 19.6. The van der Waals surface area contributed by atoms with Gasteiger partial charge in [-0.25, -0.2) is 14.6 Å². The predicted octanol–water partition coefficient (Wildman–Crippen LogP) is 6.78. The van der Waals surface area contributed by atoms with Crippen molar-refractivity contribution < 1.29 is 33.1 Å². The number of amides is 4. The molecule has 15 nitrogen and oxygen atoms in total. The van der Waals surface area contributed by atoms with E-state index in [1.807, 2.05) is 94.4 Å². The van der Waals surface area contributed by atoms with E-state index in [2.05, 4.69) is 30.8 Å². The first-order valence-electron chi connectivity index (χ1n) is 19.5. The van der Waals surface area contributed by atoms with Gasteiger partial charge in [0.05, 0.1) is 37.8 Å². The number of aromatic nitrogens is 4. The highest BCUT2D eigenvalue weighted by atomic mass is 16.5. The van der Waals surface area contributed by atoms with E-state index in [1.54, 1.807) is 16.0 Å². The summed E-state index contributed by atoms with van der Waals surface area (Å²) >= 11 is 0. The van der Waals surface area contributed by atoms with Crippen molar-refractivity contribution in [2.75, 3.05) is 25.7 Å². The molecule has 0 saturated carbocycles. The highest BCUT2D eigenvalue weighted by Crippen LogP contribution is 2.45. The number of nitrogens with zero attached hydrogens (tertiary/aromatic N) is 5. The van der Waals surface area contributed by atoms with Gasteiger partial charge in [0.1, 0.15) is 23.9 Å². The van der Waals surface area contributed by atoms with Crippen molar-refractivity contribution in [3.63, 3.8) is 0 Å². The van der Waals surface area contributed by atoms with Gasteiger partial charge in [-0.1, -0.05) is 75.4 Å². The molecule has 302 valence electrons. The number of aryl methyl sites for hydroxylation is 1. The maximum absolute atomic E-state index is 13.9. The zero-order chi connectivity index (χ0) is 41.1. The number of H-pyrrole nitrogens is 1. The fourth-order valence-corrected chi connectivity index (χ4v) is 7.75. The number of hydrogen-bond acceptors (Lipinski definition) is 10. The van der Waals surface area contributed by atoms with E-state index in [0.29, 0.717) is 43.4 Å². The van der Waals surface area contributed by atoms with Crippen LogP contribution >= 0.6 is 0 Å². The molecule has 15 heteroatoms. The van der Waals surface area contributed by atoms with Crippen LogP contribution in [0.5, 0.6) is 0 Å². The average Bonchev–Trinajstić information content (AvgIpc) is 4.00. The Balaban J connectivity index is 1.04. The molecule has 0 aliphatic carbocycles. The molecule has 0 unspecified atom stereocenters. The third-order valence-electron chi connectivity index (χ3n) is 10.9. The number of benzene rings is 3. The summed E-state index contributed by atoms with van der Waals surface area (Å²) in [5.74, 6) is 0.717. The molecular weight excluding hydrogens is 741 g/mol. The van der Waals surface area contributed by atoms with Gasteiger partial charge in [-0.3, -0.25) is 14.5 Å². The largest absolute Gasteiger partial charge is 0.453 e. The third kappa shape index (κ3) is 7.88. The van der Waals surface area contributed by atoms with Crippen molar-refractivity contribution in [3.05, 3.63) is 95.8 Å². The fourth-order valence-electron chi connectivity index (χ4n) is 7.75. The number of imidazole rings is 1. The van der Waals surface area contributed by atoms with E-state index in [9.17, 15) is 19.2 Å². The summed E-state index contributed by atoms with van der Waals surface area (Å²) in [4.78, 5) is 63.1. The lowest BCUT2D eigenvalue weighted by Gasteiger charge is -2.33. The minimum atomic E-state index is -0.751. The van der Waals surface area contributed by atoms with E-state index in [4.69, 9.17) is 13.9 Å². The number of carbonyl (C=O) groups is 4. The SMILES string of the molecule is CCCN(C(=O)[C@@H](NC(=O)OC)C(C)C)[C@@H](C)c1ncc(-c2ccc(-c3ccc(-c4nnc([C@@H]5Cc6cccc7c6N5C(=O)[C@@H](NC(=O)OC)CC7)o4)cc3)cc2)[nH]1. The second-order valence-electron chi connectivity index (χ2n) is 14.9. The lowest BCUT2D eigenvalue weighted by Crippen LogP contribution is -2.52. The Labute approximate surface area is 336 Å². The Morgan fingerprint density at radius 2 is 1.57 bits per heavy atom. The molecule has 5 aromatic rings. The van der Waals surface area contributed by atoms with Crippen LogP contribution < -0.4 is 15.5 Å². The summed E-state index contributed by atoms with van der Waals surface area (Å²) in [7, 11) is 2.55. The van der Waals surface area contributed by atoms with Crippen LogP contribution in [0.2, 0.25) is 0 Å². The van der Waals surface area contributed by atoms with E-state index < -0.39 is 30.3 Å². The minimum absolute atomic E-state index is 0.141. The van der Waals surface area contributed by atoms with Crippen molar-refractivity contribution in [1.29, 1.82) is 0 Å². The Morgan fingerprint density at radius 3 is 2.22 bits per heavy atom. The minimum Gasteiger partial charge on any atom is -0.453 e. The number of alkyl carbamates (subject to hydrolysis) is 2. The lowest BCUT2D eigenvalue weighted by atomic mass is 10.0. The molecule has 2 aliphatic rings. The molecule has 2 aromatic heterocycles. The molecular formula is C43H48N8O7. The number of ether oxygens (including phenoxy) is 2. The summed E-state index contributed by atoms with van der Waals surface area (Å²) in [5, 5.41) is 14.1. The normalized spacial score (nSPS) is 16.9. The van der Waals surface area contributed by atoms with Crippen LogP contribution in [-0.2, 0) is 31.9 Å². The van der Waals surface area contributed by atoms with Gasteiger partial charge in [-0.15, -0.1) is 10.2 Å². The van der Waals surface area contributed by atoms with Crippen molar-refractivity contribution in [3.8, 4) is 33.8 Å². The quantitative estimate of drug-likeness (QED) is 0.122. The molecule has 0 saturated heterocycles. The average molecular weight is 789 g/mol. The lowest BCUT2D eigenvalue weighted by molar-refractivity contribution is -0.136. The topological polar surface area (TPSA) is 185 Å². The van der Waals surface area contributed by atoms with Crippen LogP contribution in [0.25, 0.3) is 33.8 Å². The van der Waals surface area contributed by atoms with E-state index in [1.165, 1.54) is 14.2 Å². The first kappa shape index (κ1) is 39.7. The van der Waals surface area contributed by atoms with Crippen LogP contribution in [0.15, 0.2) is 77.3 Å². The zero-order valence-electron chi connectivity index (χ0n) is 33.4. The summed E-state index contributed by atoms with van der Waals surface area (Å²) in [6.07, 6.45) is 2.78. The highest BCUT2D eigenvalue weighted by molar-refractivity contribution is 6.02. The van der Waals surface area contributed by atoms with Crippen LogP contribution in [0, 0.1) is 5.92 Å². The maximum atomic E-state index is 13.9. The van der Waals surface area contributed by atoms with E-state index >= 15 is 0 Å². The molecule has 58 heavy (non-hydrogen) atoms. The molecule has 0 fully saturated rings. The van der Waals surface area contributed by atoms with Crippen LogP contribution in [0.1, 0.15) is 75.5 Å². The second-order valence-corrected chi connectivity index (χ2v) is 14.9. The van der Waals surface area contributed by atoms with Gasteiger partial charge < -0.3 is 34.4 Å². The van der Waals surface area contributed by atoms with Gasteiger partial charge in [-0.05, 0) is 72.1 Å². The number of aromatic amines is 1. The van der Waals surface area contributed by atoms with Crippen molar-refractivity contribution in [2.24, 2.45) is 5.92 Å². The van der Waals surface area contributed by atoms with Gasteiger partial charge in [-0.2, -0.15) is 0 Å². The molecule has 7 rings (SSSR count). The monoisotopic (exact) mass is 788 g/mol. The number of hydrogen-bond donors (Lipinski definition) is 3. The number of nitrogens with one attached hydrogen (secondary N) is 3. The van der Waals surface area contributed by atoms with E-state index in [0.717, 1.165) is 51.2 Å². The number of para-hydroxylation sites is 1. The Morgan fingerprint density at radius 1 is 0.914 bits per heavy atom. The van der Waals surface area contributed by atoms with Crippen molar-refractivity contribution in [2.45, 2.75) is 77.5 Å². The smallest absolute Gasteiger partial charge is 0.407 e. The molecule has 0 bridgehead atoms. The summed E-state index contributed by atoms with van der Waals surface area (Å²) in [5.41, 5.74) is 7.36. The molecule has 3 aromatic carbocycles. The fraction of sp³-hybridized carbons (Fsp3) is 0.372. The summed E-state index contributed by atoms with van der Waals surface area (Å²) < 4.78 is 15.8. The van der Waals surface area contributed by atoms with Gasteiger partial charge in [0.25, 0.3) is 0 Å². The molecule has 2 aliphatic heterocycles. The van der Waals surface area contributed by atoms with Gasteiger partial charge in [0.2, 0.25) is 23.6 Å². The molecule has 3 N–H and O–H groups in total. The first-order chi connectivity index (χ1) is 28.0. The van der Waals surface area contributed by atoms with Crippen LogP contribution in [0.4, 0.5) is 15.3 Å². The summed E-state index contributed by atoms with van der Waals surface area (Å²) in [6.45, 7) is 8.19. The number of methoxy groups -OCH3 is 2. The molecule has 4 atom stereocenters. The number of rotatable bonds is 12. The van der Waals surface area contributed by atoms with Crippen LogP contribution in [0.3, 0.4) is 0 Å². The van der Waals surface area contributed by atoms with Crippen molar-refractivity contribution in [1.82, 2.24) is 35.7 Å². The highest BCUT2D eigenvalue weighted by Gasteiger charge is 2.44. The van der Waals surface area contributed by atoms with Crippen molar-refractivity contribution >= 4 is 29.7 Å². The Bertz CT molecular complexity index is 2280. The Kier molecular flexibility index (Phi) is 11.6. The molecule has 0 radical (unpaired) electrons. The number of anilines is 1. The Hall–Kier alpha value is -6.51. The number of carbonyl (C=O) groups excluding carboxylic acids is 4. The van der Waals surface area contributed by atoms with Crippen LogP contribution in [-0.4, -0.2) is 81.9 Å². The van der Waals surface area contributed by atoms with Gasteiger partial charge in [0.15, 0.2) is 0 Å². The first-order valence-corrected chi connectivity index (χ1v) is 19.5. The van der Waals surface area contributed by atoms with E-state index in [-0.39, 0.29) is 23.8 Å². The zero-order valence-corrected chi connectivity index (χ0v) is 33.4. The van der Waals surface area contributed by atoms with Gasteiger partial charge >= 0.3 is 12.2 Å². The van der Waals surface area contributed by atoms with Gasteiger partial charge in [0, 0.05) is 18.5 Å². The maximum Gasteiger partial charge on any atom is 0.407 e. The second kappa shape index (κ2) is 16.9. The predicted molar refractivity (Wildman–Crippen MR) is 215 cm³/mol. The molecule has 4 heterocycles. The standard InChI is InChI=1S/C43H48N8O7/c1-7-21-50(41(53)35(24(2)3)47-43(55)57-6)25(4)37-44-23-33(45-37)28-15-11-26(12-16-28)27-13-17-30(18-14-27)38-48-49-39(58-38)34-22-31-10-8-9-29-19-20-32(46-42(54)56-5)40(52)51(34)36(29)31/h8-18,23-25,32,34-35H,7,19-22H2,1-6H3,(H,44,45)(H,46,54)(H,47,55)/t25-,32-,34-,35-/m0/s1. The molecule has 4 amide bonds. The molecule has 0 spiro atoms.